The van der Waals surface area contributed by atoms with Gasteiger partial charge in [0.05, 0.1) is 24.9 Å². The van der Waals surface area contributed by atoms with Crippen molar-refractivity contribution in [3.63, 3.8) is 0 Å². The first-order chi connectivity index (χ1) is 17.3. The van der Waals surface area contributed by atoms with Crippen LogP contribution in [0.25, 0.3) is 22.3 Å². The van der Waals surface area contributed by atoms with E-state index in [2.05, 4.69) is 79.4 Å². The van der Waals surface area contributed by atoms with Gasteiger partial charge >= 0.3 is 0 Å². The van der Waals surface area contributed by atoms with Crippen LogP contribution in [0.4, 0.5) is 0 Å². The Balaban J connectivity index is 0.000000658. The highest BCUT2D eigenvalue weighted by molar-refractivity contribution is 5.84. The van der Waals surface area contributed by atoms with E-state index in [4.69, 9.17) is 9.47 Å². The van der Waals surface area contributed by atoms with Crippen molar-refractivity contribution in [2.24, 2.45) is 5.41 Å². The zero-order valence-electron chi connectivity index (χ0n) is 22.5. The predicted octanol–water partition coefficient (Wildman–Crippen LogP) is 6.48. The summed E-state index contributed by atoms with van der Waals surface area (Å²) in [5, 5.41) is 19.7. The topological polar surface area (TPSA) is 90.7 Å². The molecule has 0 bridgehead atoms. The zero-order chi connectivity index (χ0) is 26.0. The number of nitrogens with one attached hydrogen (secondary N) is 1. The molecular weight excluding hydrogens is 452 g/mol. The number of aromatic nitrogens is 6. The molecule has 2 aromatic heterocycles. The Kier molecular flexibility index (Phi) is 9.85. The molecule has 0 fully saturated rings. The van der Waals surface area contributed by atoms with Crippen molar-refractivity contribution in [3.05, 3.63) is 48.2 Å². The fraction of sp³-hybridized carbons (Fsp3) is 0.500. The van der Waals surface area contributed by atoms with Crippen LogP contribution in [0.1, 0.15) is 66.4 Å². The molecule has 0 saturated carbocycles. The van der Waals surface area contributed by atoms with Crippen molar-refractivity contribution < 1.29 is 9.47 Å². The summed E-state index contributed by atoms with van der Waals surface area (Å²) >= 11 is 0. The van der Waals surface area contributed by atoms with Crippen molar-refractivity contribution >= 4 is 10.9 Å². The van der Waals surface area contributed by atoms with Crippen LogP contribution < -0.4 is 9.47 Å². The average molecular weight is 493 g/mol. The molecule has 4 rings (SSSR count). The van der Waals surface area contributed by atoms with Crippen LogP contribution in [-0.2, 0) is 13.0 Å². The molecule has 36 heavy (non-hydrogen) atoms. The lowest BCUT2D eigenvalue weighted by molar-refractivity contribution is 0.265. The largest absolute Gasteiger partial charge is 0.494 e. The molecule has 1 N–H and O–H groups in total. The van der Waals surface area contributed by atoms with Gasteiger partial charge in [-0.15, -0.1) is 10.2 Å². The van der Waals surface area contributed by atoms with Gasteiger partial charge in [0, 0.05) is 23.1 Å². The first kappa shape index (κ1) is 27.2. The van der Waals surface area contributed by atoms with Crippen LogP contribution in [0.15, 0.2) is 42.6 Å². The third kappa shape index (κ3) is 8.07. The first-order valence-corrected chi connectivity index (χ1v) is 12.9. The summed E-state index contributed by atoms with van der Waals surface area (Å²) in [6.45, 7) is 15.2. The summed E-state index contributed by atoms with van der Waals surface area (Å²) in [5.41, 5.74) is 3.84. The molecule has 0 spiro atoms. The number of unbranched alkanes of at least 4 members (excludes halogenated alkanes) is 1. The number of ether oxygens (including phenoxy) is 2. The van der Waals surface area contributed by atoms with E-state index in [0.29, 0.717) is 24.5 Å². The van der Waals surface area contributed by atoms with Gasteiger partial charge in [0.2, 0.25) is 5.82 Å². The molecule has 2 aromatic carbocycles. The standard InChI is InChI=1S/C23H28N6O2.C5H12/c1-3-7-19-20-16-24-29(4-2)21(20)12-13-22(19)31-15-6-5-14-30-18-10-8-17(9-11-18)23-25-27-28-26-23;1-5(2,3)4/h8-13,16H,3-7,14-15H2,1-2H3,(H,25,26,27,28);1-4H3. The summed E-state index contributed by atoms with van der Waals surface area (Å²) in [6.07, 6.45) is 5.89. The number of rotatable bonds is 11. The van der Waals surface area contributed by atoms with Crippen LogP contribution in [0.2, 0.25) is 0 Å². The van der Waals surface area contributed by atoms with Crippen LogP contribution in [0.3, 0.4) is 0 Å². The lowest BCUT2D eigenvalue weighted by Gasteiger charge is -2.13. The molecule has 0 amide bonds. The van der Waals surface area contributed by atoms with Gasteiger partial charge in [-0.3, -0.25) is 4.68 Å². The molecule has 0 saturated heterocycles. The Bertz CT molecular complexity index is 1170. The maximum absolute atomic E-state index is 6.13. The summed E-state index contributed by atoms with van der Waals surface area (Å²) in [6, 6.07) is 11.9. The van der Waals surface area contributed by atoms with Gasteiger partial charge in [0.25, 0.3) is 0 Å². The molecule has 2 heterocycles. The average Bonchev–Trinajstić information content (AvgIpc) is 3.52. The van der Waals surface area contributed by atoms with E-state index in [0.717, 1.165) is 49.3 Å². The fourth-order valence-corrected chi connectivity index (χ4v) is 3.65. The second-order valence-corrected chi connectivity index (χ2v) is 10.3. The molecule has 0 radical (unpaired) electrons. The monoisotopic (exact) mass is 492 g/mol. The lowest BCUT2D eigenvalue weighted by atomic mass is 10.0. The Morgan fingerprint density at radius 2 is 1.61 bits per heavy atom. The summed E-state index contributed by atoms with van der Waals surface area (Å²) < 4.78 is 14.0. The second kappa shape index (κ2) is 13.0. The van der Waals surface area contributed by atoms with E-state index >= 15 is 0 Å². The first-order valence-electron chi connectivity index (χ1n) is 12.9. The van der Waals surface area contributed by atoms with Gasteiger partial charge in [-0.2, -0.15) is 10.3 Å². The van der Waals surface area contributed by atoms with Gasteiger partial charge in [-0.05, 0) is 73.2 Å². The lowest BCUT2D eigenvalue weighted by Crippen LogP contribution is -2.04. The molecule has 0 aliphatic rings. The molecule has 0 unspecified atom stereocenters. The van der Waals surface area contributed by atoms with Crippen LogP contribution >= 0.6 is 0 Å². The number of benzene rings is 2. The maximum Gasteiger partial charge on any atom is 0.204 e. The van der Waals surface area contributed by atoms with Crippen molar-refractivity contribution in [1.29, 1.82) is 0 Å². The quantitative estimate of drug-likeness (QED) is 0.241. The SMILES string of the molecule is CC(C)(C)C.CCCc1c(OCCCCOc2ccc(-c3nn[nH]n3)cc2)ccc2c1cnn2CC. The molecule has 0 atom stereocenters. The third-order valence-electron chi connectivity index (χ3n) is 5.22. The Hall–Kier alpha value is -3.42. The van der Waals surface area contributed by atoms with Crippen LogP contribution in [0.5, 0.6) is 11.5 Å². The van der Waals surface area contributed by atoms with Crippen molar-refractivity contribution in [1.82, 2.24) is 30.4 Å². The molecule has 0 aliphatic heterocycles. The van der Waals surface area contributed by atoms with Crippen molar-refractivity contribution in [2.45, 2.75) is 73.8 Å². The number of aryl methyl sites for hydroxylation is 2. The van der Waals surface area contributed by atoms with Gasteiger partial charge < -0.3 is 9.47 Å². The number of hydrogen-bond donors (Lipinski definition) is 1. The highest BCUT2D eigenvalue weighted by atomic mass is 16.5. The minimum atomic E-state index is 0.500. The summed E-state index contributed by atoms with van der Waals surface area (Å²) in [4.78, 5) is 0. The zero-order valence-corrected chi connectivity index (χ0v) is 22.5. The predicted molar refractivity (Wildman–Crippen MR) is 144 cm³/mol. The fourth-order valence-electron chi connectivity index (χ4n) is 3.65. The minimum absolute atomic E-state index is 0.500. The Morgan fingerprint density at radius 3 is 2.22 bits per heavy atom. The van der Waals surface area contributed by atoms with E-state index in [9.17, 15) is 0 Å². The number of hydrogen-bond acceptors (Lipinski definition) is 6. The molecule has 8 nitrogen and oxygen atoms in total. The molecule has 0 aliphatic carbocycles. The summed E-state index contributed by atoms with van der Waals surface area (Å²) in [7, 11) is 0. The maximum atomic E-state index is 6.13. The van der Waals surface area contributed by atoms with Crippen molar-refractivity contribution in [2.75, 3.05) is 13.2 Å². The summed E-state index contributed by atoms with van der Waals surface area (Å²) in [5.74, 6) is 2.38. The number of nitrogens with zero attached hydrogens (tertiary/aromatic N) is 5. The molecular formula is C28H40N6O2. The number of tetrazole rings is 1. The van der Waals surface area contributed by atoms with Gasteiger partial charge in [0.1, 0.15) is 11.5 Å². The van der Waals surface area contributed by atoms with Gasteiger partial charge in [-0.1, -0.05) is 41.0 Å². The smallest absolute Gasteiger partial charge is 0.204 e. The molecule has 8 heteroatoms. The third-order valence-corrected chi connectivity index (χ3v) is 5.22. The second-order valence-electron chi connectivity index (χ2n) is 10.3. The highest BCUT2D eigenvalue weighted by Gasteiger charge is 2.12. The van der Waals surface area contributed by atoms with Gasteiger partial charge in [-0.25, -0.2) is 0 Å². The highest BCUT2D eigenvalue weighted by Crippen LogP contribution is 2.29. The molecule has 194 valence electrons. The normalized spacial score (nSPS) is 11.3. The van der Waals surface area contributed by atoms with Crippen molar-refractivity contribution in [3.8, 4) is 22.9 Å². The van der Waals surface area contributed by atoms with E-state index in [-0.39, 0.29) is 0 Å². The van der Waals surface area contributed by atoms with Crippen LogP contribution in [-0.4, -0.2) is 43.6 Å². The van der Waals surface area contributed by atoms with Crippen LogP contribution in [0, 0.1) is 5.41 Å². The van der Waals surface area contributed by atoms with E-state index < -0.39 is 0 Å². The Morgan fingerprint density at radius 1 is 0.917 bits per heavy atom. The van der Waals surface area contributed by atoms with E-state index in [1.165, 1.54) is 16.5 Å². The number of H-pyrrole nitrogens is 1. The number of aromatic amines is 1. The van der Waals surface area contributed by atoms with E-state index in [1.54, 1.807) is 0 Å². The Labute approximate surface area is 214 Å². The van der Waals surface area contributed by atoms with E-state index in [1.807, 2.05) is 35.1 Å². The molecule has 4 aromatic rings. The minimum Gasteiger partial charge on any atom is -0.494 e. The van der Waals surface area contributed by atoms with Gasteiger partial charge in [0.15, 0.2) is 0 Å². The number of fused-ring (bicyclic) bond motifs is 1.